The number of hydrogen-bond acceptors (Lipinski definition) is 3. The Morgan fingerprint density at radius 2 is 1.89 bits per heavy atom. The highest BCUT2D eigenvalue weighted by atomic mass is 16.5. The van der Waals surface area contributed by atoms with E-state index in [1.807, 2.05) is 6.92 Å². The van der Waals surface area contributed by atoms with E-state index in [-0.39, 0.29) is 23.6 Å². The largest absolute Gasteiger partial charge is 0.462 e. The van der Waals surface area contributed by atoms with Gasteiger partial charge in [-0.25, -0.2) is 9.64 Å². The standard InChI is InChI=1S/C22H29N3O3/c1-5-25(12-8-7-9-13-25)22(10-11-22)21(27)24-19-16(3)14-17(23-4)15-18(19)20(26)28-6-2/h14-15H,5-13H2,1-3H3/p+1. The number of amides is 1. The zero-order valence-corrected chi connectivity index (χ0v) is 17.1. The lowest BCUT2D eigenvalue weighted by Gasteiger charge is -2.46. The van der Waals surface area contributed by atoms with Gasteiger partial charge in [0.25, 0.3) is 5.91 Å². The number of rotatable bonds is 6. The second-order valence-electron chi connectivity index (χ2n) is 7.97. The molecule has 2 fully saturated rings. The van der Waals surface area contributed by atoms with Crippen LogP contribution in [-0.2, 0) is 9.53 Å². The van der Waals surface area contributed by atoms with Gasteiger partial charge in [-0.3, -0.25) is 4.79 Å². The minimum absolute atomic E-state index is 0.000427. The van der Waals surface area contributed by atoms with Crippen LogP contribution >= 0.6 is 0 Å². The van der Waals surface area contributed by atoms with Crippen molar-refractivity contribution in [2.75, 3.05) is 31.6 Å². The molecule has 1 N–H and O–H groups in total. The molecule has 3 rings (SSSR count). The Balaban J connectivity index is 1.94. The predicted molar refractivity (Wildman–Crippen MR) is 108 cm³/mol. The molecule has 0 spiro atoms. The Morgan fingerprint density at radius 1 is 1.21 bits per heavy atom. The van der Waals surface area contributed by atoms with E-state index in [1.54, 1.807) is 13.0 Å². The van der Waals surface area contributed by atoms with Gasteiger partial charge in [-0.2, -0.15) is 0 Å². The molecule has 1 amide bonds. The third-order valence-electron chi connectivity index (χ3n) is 6.52. The number of likely N-dealkylation sites (tertiary alicyclic amines) is 1. The number of likely N-dealkylation sites (N-methyl/N-ethyl adjacent to an activating group) is 1. The van der Waals surface area contributed by atoms with Gasteiger partial charge >= 0.3 is 5.97 Å². The molecule has 1 saturated heterocycles. The molecular weight excluding hydrogens is 354 g/mol. The van der Waals surface area contributed by atoms with E-state index >= 15 is 0 Å². The first-order chi connectivity index (χ1) is 13.4. The average Bonchev–Trinajstić information content (AvgIpc) is 3.52. The van der Waals surface area contributed by atoms with Crippen LogP contribution in [0.1, 0.15) is 61.9 Å². The second kappa shape index (κ2) is 7.92. The maximum absolute atomic E-state index is 13.5. The van der Waals surface area contributed by atoms with E-state index in [0.717, 1.165) is 49.8 Å². The van der Waals surface area contributed by atoms with Crippen LogP contribution in [-0.4, -0.2) is 48.1 Å². The molecule has 1 aromatic carbocycles. The van der Waals surface area contributed by atoms with Crippen LogP contribution in [0.3, 0.4) is 0 Å². The molecule has 0 atom stereocenters. The number of aryl methyl sites for hydroxylation is 1. The SMILES string of the molecule is [C-]#[N+]c1cc(C)c(NC(=O)C2([N+]3(CC)CCCCC3)CC2)c(C(=O)OCC)c1. The molecule has 0 bridgehead atoms. The molecule has 150 valence electrons. The first-order valence-electron chi connectivity index (χ1n) is 10.3. The van der Waals surface area contributed by atoms with Gasteiger partial charge in [-0.05, 0) is 51.7 Å². The van der Waals surface area contributed by atoms with Crippen LogP contribution in [0.4, 0.5) is 11.4 Å². The van der Waals surface area contributed by atoms with Crippen molar-refractivity contribution in [3.05, 3.63) is 34.7 Å². The van der Waals surface area contributed by atoms with E-state index in [9.17, 15) is 9.59 Å². The minimum atomic E-state index is -0.506. The third-order valence-corrected chi connectivity index (χ3v) is 6.52. The summed E-state index contributed by atoms with van der Waals surface area (Å²) in [5.41, 5.74) is 1.44. The Morgan fingerprint density at radius 3 is 2.43 bits per heavy atom. The topological polar surface area (TPSA) is 59.8 Å². The second-order valence-corrected chi connectivity index (χ2v) is 7.97. The van der Waals surface area contributed by atoms with Crippen LogP contribution in [0.5, 0.6) is 0 Å². The first-order valence-corrected chi connectivity index (χ1v) is 10.3. The Bertz CT molecular complexity index is 815. The summed E-state index contributed by atoms with van der Waals surface area (Å²) in [6, 6.07) is 3.22. The number of piperidine rings is 1. The van der Waals surface area contributed by atoms with E-state index in [1.165, 1.54) is 12.5 Å². The fourth-order valence-electron chi connectivity index (χ4n) is 4.80. The smallest absolute Gasteiger partial charge is 0.338 e. The highest BCUT2D eigenvalue weighted by Crippen LogP contribution is 2.49. The summed E-state index contributed by atoms with van der Waals surface area (Å²) in [7, 11) is 0. The molecule has 1 heterocycles. The number of nitrogens with zero attached hydrogens (tertiary/aromatic N) is 2. The monoisotopic (exact) mass is 384 g/mol. The number of quaternary nitrogens is 1. The summed E-state index contributed by atoms with van der Waals surface area (Å²) in [6.07, 6.45) is 5.34. The molecule has 1 aromatic rings. The summed E-state index contributed by atoms with van der Waals surface area (Å²) in [6.45, 7) is 16.3. The average molecular weight is 385 g/mol. The number of benzene rings is 1. The zero-order chi connectivity index (χ0) is 20.4. The molecular formula is C22H30N3O3+. The lowest BCUT2D eigenvalue weighted by molar-refractivity contribution is -0.955. The van der Waals surface area contributed by atoms with Crippen LogP contribution in [0.15, 0.2) is 12.1 Å². The van der Waals surface area contributed by atoms with Crippen LogP contribution in [0, 0.1) is 13.5 Å². The van der Waals surface area contributed by atoms with Crippen molar-refractivity contribution in [2.45, 2.75) is 58.4 Å². The van der Waals surface area contributed by atoms with Crippen molar-refractivity contribution in [2.24, 2.45) is 0 Å². The van der Waals surface area contributed by atoms with E-state index < -0.39 is 5.97 Å². The molecule has 1 aliphatic carbocycles. The van der Waals surface area contributed by atoms with Gasteiger partial charge < -0.3 is 14.5 Å². The van der Waals surface area contributed by atoms with E-state index in [4.69, 9.17) is 11.3 Å². The number of hydrogen-bond donors (Lipinski definition) is 1. The van der Waals surface area contributed by atoms with Crippen molar-refractivity contribution in [1.29, 1.82) is 0 Å². The van der Waals surface area contributed by atoms with E-state index in [2.05, 4.69) is 17.1 Å². The zero-order valence-electron chi connectivity index (χ0n) is 17.1. The van der Waals surface area contributed by atoms with Crippen molar-refractivity contribution < 1.29 is 18.8 Å². The normalized spacial score (nSPS) is 19.4. The lowest BCUT2D eigenvalue weighted by atomic mass is 9.99. The first kappa shape index (κ1) is 20.3. The highest BCUT2D eigenvalue weighted by Gasteiger charge is 2.65. The molecule has 2 aliphatic rings. The van der Waals surface area contributed by atoms with Crippen molar-refractivity contribution in [3.8, 4) is 0 Å². The molecule has 28 heavy (non-hydrogen) atoms. The summed E-state index contributed by atoms with van der Waals surface area (Å²) in [5.74, 6) is -0.505. The summed E-state index contributed by atoms with van der Waals surface area (Å²) < 4.78 is 6.02. The van der Waals surface area contributed by atoms with Crippen molar-refractivity contribution in [3.63, 3.8) is 0 Å². The Kier molecular flexibility index (Phi) is 5.76. The molecule has 1 aliphatic heterocycles. The van der Waals surface area contributed by atoms with Gasteiger partial charge in [-0.1, -0.05) is 6.07 Å². The van der Waals surface area contributed by atoms with Crippen LogP contribution in [0.2, 0.25) is 0 Å². The molecule has 1 saturated carbocycles. The van der Waals surface area contributed by atoms with Crippen molar-refractivity contribution in [1.82, 2.24) is 0 Å². The van der Waals surface area contributed by atoms with Gasteiger partial charge in [0.05, 0.1) is 44.1 Å². The molecule has 0 radical (unpaired) electrons. The van der Waals surface area contributed by atoms with Crippen molar-refractivity contribution >= 4 is 23.3 Å². The fourth-order valence-corrected chi connectivity index (χ4v) is 4.80. The molecule has 6 nitrogen and oxygen atoms in total. The van der Waals surface area contributed by atoms with Gasteiger partial charge in [0, 0.05) is 12.8 Å². The number of esters is 1. The lowest BCUT2D eigenvalue weighted by Crippen LogP contribution is -2.64. The number of ether oxygens (including phenoxy) is 1. The fraction of sp³-hybridized carbons (Fsp3) is 0.591. The van der Waals surface area contributed by atoms with E-state index in [0.29, 0.717) is 16.9 Å². The van der Waals surface area contributed by atoms with Crippen LogP contribution < -0.4 is 5.32 Å². The molecule has 0 aromatic heterocycles. The molecule has 0 unspecified atom stereocenters. The van der Waals surface area contributed by atoms with Gasteiger partial charge in [0.1, 0.15) is 0 Å². The van der Waals surface area contributed by atoms with Gasteiger partial charge in [0.15, 0.2) is 11.2 Å². The maximum atomic E-state index is 13.5. The third kappa shape index (κ3) is 3.40. The number of anilines is 1. The quantitative estimate of drug-likeness (QED) is 0.454. The summed E-state index contributed by atoms with van der Waals surface area (Å²) in [4.78, 5) is 29.4. The summed E-state index contributed by atoms with van der Waals surface area (Å²) in [5, 5.41) is 3.07. The Hall–Kier alpha value is -2.39. The number of carbonyl (C=O) groups is 2. The summed E-state index contributed by atoms with van der Waals surface area (Å²) >= 11 is 0. The number of nitrogens with one attached hydrogen (secondary N) is 1. The van der Waals surface area contributed by atoms with Gasteiger partial charge in [-0.15, -0.1) is 0 Å². The maximum Gasteiger partial charge on any atom is 0.338 e. The number of carbonyl (C=O) groups excluding carboxylic acids is 2. The molecule has 6 heteroatoms. The van der Waals surface area contributed by atoms with Gasteiger partial charge in [0.2, 0.25) is 0 Å². The van der Waals surface area contributed by atoms with Crippen LogP contribution in [0.25, 0.3) is 4.85 Å². The highest BCUT2D eigenvalue weighted by molar-refractivity contribution is 6.06. The Labute approximate surface area is 167 Å². The minimum Gasteiger partial charge on any atom is -0.462 e. The predicted octanol–water partition coefficient (Wildman–Crippen LogP) is 4.21.